The lowest BCUT2D eigenvalue weighted by molar-refractivity contribution is 0.399. The van der Waals surface area contributed by atoms with Gasteiger partial charge in [-0.05, 0) is 6.92 Å². The van der Waals surface area contributed by atoms with Gasteiger partial charge in [0.05, 0.1) is 24.4 Å². The van der Waals surface area contributed by atoms with E-state index in [1.54, 1.807) is 11.3 Å². The van der Waals surface area contributed by atoms with Crippen LogP contribution in [0.4, 0.5) is 11.5 Å². The maximum atomic E-state index is 5.83. The largest absolute Gasteiger partial charge is 0.479 e. The van der Waals surface area contributed by atoms with E-state index in [9.17, 15) is 0 Å². The third kappa shape index (κ3) is 2.62. The van der Waals surface area contributed by atoms with Crippen LogP contribution in [0.15, 0.2) is 11.7 Å². The maximum absolute atomic E-state index is 5.83. The van der Waals surface area contributed by atoms with E-state index in [-0.39, 0.29) is 0 Å². The first kappa shape index (κ1) is 11.6. The molecule has 0 aliphatic rings. The summed E-state index contributed by atoms with van der Waals surface area (Å²) in [4.78, 5) is 12.3. The van der Waals surface area contributed by atoms with E-state index in [1.165, 1.54) is 13.4 Å². The van der Waals surface area contributed by atoms with Crippen molar-refractivity contribution in [2.75, 3.05) is 18.2 Å². The van der Waals surface area contributed by atoms with Crippen LogP contribution in [0.1, 0.15) is 10.7 Å². The number of rotatable bonds is 4. The Balaban J connectivity index is 2.09. The predicted octanol–water partition coefficient (Wildman–Crippen LogP) is 1.44. The van der Waals surface area contributed by atoms with Gasteiger partial charge in [-0.15, -0.1) is 11.3 Å². The minimum absolute atomic E-state index is 0.372. The number of thiazole rings is 1. The lowest BCUT2D eigenvalue weighted by Gasteiger charge is -2.08. The van der Waals surface area contributed by atoms with Crippen LogP contribution in [0.2, 0.25) is 0 Å². The van der Waals surface area contributed by atoms with Crippen molar-refractivity contribution in [2.45, 2.75) is 13.5 Å². The zero-order valence-corrected chi connectivity index (χ0v) is 10.4. The molecule has 0 saturated carbocycles. The lowest BCUT2D eigenvalue weighted by atomic mass is 10.4. The van der Waals surface area contributed by atoms with Gasteiger partial charge >= 0.3 is 0 Å². The standard InChI is InChI=1S/C10H13N5OS/c1-6-15-7(4-17-6)3-12-9-8(11)10(16-2)14-5-13-9/h4-5H,3,11H2,1-2H3,(H,12,13,14). The molecule has 0 atom stereocenters. The number of ether oxygens (including phenoxy) is 1. The quantitative estimate of drug-likeness (QED) is 0.855. The van der Waals surface area contributed by atoms with Crippen molar-refractivity contribution in [3.05, 3.63) is 22.4 Å². The maximum Gasteiger partial charge on any atom is 0.242 e. The Kier molecular flexibility index (Phi) is 3.38. The van der Waals surface area contributed by atoms with Crippen molar-refractivity contribution in [3.8, 4) is 5.88 Å². The molecule has 90 valence electrons. The van der Waals surface area contributed by atoms with Crippen LogP contribution in [0.3, 0.4) is 0 Å². The highest BCUT2D eigenvalue weighted by molar-refractivity contribution is 7.09. The van der Waals surface area contributed by atoms with Gasteiger partial charge in [0.2, 0.25) is 5.88 Å². The van der Waals surface area contributed by atoms with Crippen LogP contribution in [-0.4, -0.2) is 22.1 Å². The van der Waals surface area contributed by atoms with Crippen LogP contribution in [0.25, 0.3) is 0 Å². The topological polar surface area (TPSA) is 86.0 Å². The minimum Gasteiger partial charge on any atom is -0.479 e. The number of aryl methyl sites for hydroxylation is 1. The van der Waals surface area contributed by atoms with Crippen molar-refractivity contribution < 1.29 is 4.74 Å². The van der Waals surface area contributed by atoms with Crippen LogP contribution in [0.5, 0.6) is 5.88 Å². The molecule has 0 fully saturated rings. The van der Waals surface area contributed by atoms with Gasteiger partial charge < -0.3 is 15.8 Å². The van der Waals surface area contributed by atoms with Crippen molar-refractivity contribution in [1.29, 1.82) is 0 Å². The zero-order chi connectivity index (χ0) is 12.3. The molecule has 0 saturated heterocycles. The first-order valence-corrected chi connectivity index (χ1v) is 5.88. The number of nitrogens with one attached hydrogen (secondary N) is 1. The van der Waals surface area contributed by atoms with Gasteiger partial charge in [0.15, 0.2) is 5.82 Å². The highest BCUT2D eigenvalue weighted by atomic mass is 32.1. The van der Waals surface area contributed by atoms with Gasteiger partial charge in [0, 0.05) is 5.38 Å². The Morgan fingerprint density at radius 1 is 1.47 bits per heavy atom. The molecule has 0 spiro atoms. The van der Waals surface area contributed by atoms with Crippen molar-refractivity contribution in [1.82, 2.24) is 15.0 Å². The number of hydrogen-bond acceptors (Lipinski definition) is 7. The molecular weight excluding hydrogens is 238 g/mol. The molecule has 0 radical (unpaired) electrons. The number of nitrogens with two attached hydrogens (primary N) is 1. The Bertz CT molecular complexity index is 513. The minimum atomic E-state index is 0.372. The Morgan fingerprint density at radius 3 is 2.94 bits per heavy atom. The first-order chi connectivity index (χ1) is 8.20. The van der Waals surface area contributed by atoms with E-state index in [4.69, 9.17) is 10.5 Å². The number of nitrogen functional groups attached to an aromatic ring is 1. The molecule has 0 amide bonds. The molecule has 2 aromatic rings. The number of aromatic nitrogens is 3. The Morgan fingerprint density at radius 2 is 2.29 bits per heavy atom. The first-order valence-electron chi connectivity index (χ1n) is 5.00. The molecular formula is C10H13N5OS. The molecule has 0 aliphatic heterocycles. The summed E-state index contributed by atoms with van der Waals surface area (Å²) in [6, 6.07) is 0. The molecule has 2 aromatic heterocycles. The SMILES string of the molecule is COc1ncnc(NCc2csc(C)n2)c1N. The van der Waals surface area contributed by atoms with Crippen LogP contribution < -0.4 is 15.8 Å². The summed E-state index contributed by atoms with van der Waals surface area (Å²) in [5, 5.41) is 6.14. The fourth-order valence-electron chi connectivity index (χ4n) is 1.35. The monoisotopic (exact) mass is 251 g/mol. The number of anilines is 2. The summed E-state index contributed by atoms with van der Waals surface area (Å²) >= 11 is 1.61. The van der Waals surface area contributed by atoms with E-state index in [2.05, 4.69) is 20.3 Å². The molecule has 0 unspecified atom stereocenters. The zero-order valence-electron chi connectivity index (χ0n) is 9.60. The highest BCUT2D eigenvalue weighted by Crippen LogP contribution is 2.24. The molecule has 6 nitrogen and oxygen atoms in total. The molecule has 0 aliphatic carbocycles. The summed E-state index contributed by atoms with van der Waals surface area (Å²) in [7, 11) is 1.52. The fourth-order valence-corrected chi connectivity index (χ4v) is 1.96. The third-order valence-electron chi connectivity index (χ3n) is 2.14. The van der Waals surface area contributed by atoms with Crippen LogP contribution >= 0.6 is 11.3 Å². The molecule has 17 heavy (non-hydrogen) atoms. The third-order valence-corrected chi connectivity index (χ3v) is 2.97. The lowest BCUT2D eigenvalue weighted by Crippen LogP contribution is -2.07. The van der Waals surface area contributed by atoms with Gasteiger partial charge in [-0.2, -0.15) is 4.98 Å². The number of nitrogens with zero attached hydrogens (tertiary/aromatic N) is 3. The normalized spacial score (nSPS) is 10.2. The second kappa shape index (κ2) is 4.96. The van der Waals surface area contributed by atoms with E-state index in [0.717, 1.165) is 10.7 Å². The summed E-state index contributed by atoms with van der Waals surface area (Å²) in [6.45, 7) is 2.55. The van der Waals surface area contributed by atoms with E-state index >= 15 is 0 Å². The van der Waals surface area contributed by atoms with Crippen molar-refractivity contribution >= 4 is 22.8 Å². The van der Waals surface area contributed by atoms with E-state index in [0.29, 0.717) is 23.9 Å². The summed E-state index contributed by atoms with van der Waals surface area (Å²) in [6.07, 6.45) is 1.41. The smallest absolute Gasteiger partial charge is 0.242 e. The molecule has 0 bridgehead atoms. The van der Waals surface area contributed by atoms with Gasteiger partial charge in [-0.3, -0.25) is 0 Å². The highest BCUT2D eigenvalue weighted by Gasteiger charge is 2.08. The van der Waals surface area contributed by atoms with Gasteiger partial charge in [-0.25, -0.2) is 9.97 Å². The summed E-state index contributed by atoms with van der Waals surface area (Å²) < 4.78 is 5.01. The molecule has 2 rings (SSSR count). The van der Waals surface area contributed by atoms with Crippen LogP contribution in [0, 0.1) is 6.92 Å². The second-order valence-corrected chi connectivity index (χ2v) is 4.42. The Hall–Kier alpha value is -1.89. The van der Waals surface area contributed by atoms with E-state index < -0.39 is 0 Å². The molecule has 0 aromatic carbocycles. The van der Waals surface area contributed by atoms with Gasteiger partial charge in [0.1, 0.15) is 12.0 Å². The van der Waals surface area contributed by atoms with Crippen LogP contribution in [-0.2, 0) is 6.54 Å². The average molecular weight is 251 g/mol. The average Bonchev–Trinajstić information content (AvgIpc) is 2.74. The fraction of sp³-hybridized carbons (Fsp3) is 0.300. The summed E-state index contributed by atoms with van der Waals surface area (Å²) in [5.41, 5.74) is 7.20. The Labute approximate surface area is 103 Å². The molecule has 2 heterocycles. The number of methoxy groups -OCH3 is 1. The summed E-state index contributed by atoms with van der Waals surface area (Å²) in [5.74, 6) is 0.930. The van der Waals surface area contributed by atoms with Gasteiger partial charge in [0.25, 0.3) is 0 Å². The predicted molar refractivity (Wildman–Crippen MR) is 67.2 cm³/mol. The van der Waals surface area contributed by atoms with Crippen molar-refractivity contribution in [3.63, 3.8) is 0 Å². The number of hydrogen-bond donors (Lipinski definition) is 2. The van der Waals surface area contributed by atoms with Gasteiger partial charge in [-0.1, -0.05) is 0 Å². The van der Waals surface area contributed by atoms with E-state index in [1.807, 2.05) is 12.3 Å². The molecule has 7 heteroatoms. The molecule has 3 N–H and O–H groups in total. The van der Waals surface area contributed by atoms with Crippen molar-refractivity contribution in [2.24, 2.45) is 0 Å². The second-order valence-electron chi connectivity index (χ2n) is 3.36.